The number of rotatable bonds is 9. The van der Waals surface area contributed by atoms with E-state index >= 15 is 0 Å². The number of nitrogens with zero attached hydrogens (tertiary/aromatic N) is 2. The number of esters is 1. The Morgan fingerprint density at radius 3 is 2.66 bits per heavy atom. The fourth-order valence-corrected chi connectivity index (χ4v) is 4.86. The molecule has 1 aromatic heterocycles. The average molecular weight is 487 g/mol. The van der Waals surface area contributed by atoms with Crippen LogP contribution in [0.25, 0.3) is 0 Å². The number of ether oxygens (including phenoxy) is 2. The Kier molecular flexibility index (Phi) is 8.18. The van der Waals surface area contributed by atoms with Crippen LogP contribution in [0.1, 0.15) is 22.5 Å². The van der Waals surface area contributed by atoms with Gasteiger partial charge in [-0.1, -0.05) is 11.6 Å². The highest BCUT2D eigenvalue weighted by Crippen LogP contribution is 2.29. The molecule has 0 bridgehead atoms. The summed E-state index contributed by atoms with van der Waals surface area (Å²) in [5, 5.41) is 0.0477. The molecule has 8 nitrogen and oxygen atoms in total. The van der Waals surface area contributed by atoms with Crippen LogP contribution < -0.4 is 9.21 Å². The monoisotopic (exact) mass is 486 g/mol. The minimum Gasteiger partial charge on any atom is -0.465 e. The van der Waals surface area contributed by atoms with E-state index in [4.69, 9.17) is 16.3 Å². The van der Waals surface area contributed by atoms with Crippen LogP contribution in [0.4, 0.5) is 10.1 Å². The van der Waals surface area contributed by atoms with E-state index in [1.165, 1.54) is 25.4 Å². The molecule has 3 rings (SSSR count). The number of morpholine rings is 1. The van der Waals surface area contributed by atoms with E-state index < -0.39 is 21.8 Å². The summed E-state index contributed by atoms with van der Waals surface area (Å²) in [7, 11) is -2.27. The maximum Gasteiger partial charge on any atom is 0.339 e. The second kappa shape index (κ2) is 10.7. The Balaban J connectivity index is 1.59. The van der Waals surface area contributed by atoms with Gasteiger partial charge in [0, 0.05) is 24.8 Å². The summed E-state index contributed by atoms with van der Waals surface area (Å²) in [5.74, 6) is -1.06. The third-order valence-corrected chi connectivity index (χ3v) is 7.20. The number of hydrogen-bond acceptors (Lipinski definition) is 6. The lowest BCUT2D eigenvalue weighted by Crippen LogP contribution is -2.57. The predicted molar refractivity (Wildman–Crippen MR) is 119 cm³/mol. The molecule has 0 atom stereocenters. The van der Waals surface area contributed by atoms with Gasteiger partial charge in [-0.15, -0.1) is 0 Å². The molecule has 0 amide bonds. The highest BCUT2D eigenvalue weighted by Gasteiger charge is 2.33. The van der Waals surface area contributed by atoms with Crippen molar-refractivity contribution in [2.45, 2.75) is 13.0 Å². The average Bonchev–Trinajstić information content (AvgIpc) is 2.80. The van der Waals surface area contributed by atoms with Crippen LogP contribution in [0.15, 0.2) is 36.5 Å². The number of nitrogens with one attached hydrogen (secondary N) is 1. The fourth-order valence-electron chi connectivity index (χ4n) is 3.66. The number of sulfonamides is 1. The minimum absolute atomic E-state index is 0.0190. The Morgan fingerprint density at radius 1 is 1.28 bits per heavy atom. The Labute approximate surface area is 191 Å². The van der Waals surface area contributed by atoms with Crippen LogP contribution >= 0.6 is 11.6 Å². The molecule has 0 saturated carbocycles. The van der Waals surface area contributed by atoms with Crippen molar-refractivity contribution in [3.63, 3.8) is 0 Å². The highest BCUT2D eigenvalue weighted by atomic mass is 35.5. The van der Waals surface area contributed by atoms with Gasteiger partial charge in [0.1, 0.15) is 24.6 Å². The van der Waals surface area contributed by atoms with Crippen molar-refractivity contribution in [2.75, 3.05) is 45.7 Å². The van der Waals surface area contributed by atoms with Gasteiger partial charge in [0.2, 0.25) is 10.0 Å². The zero-order valence-electron chi connectivity index (χ0n) is 17.7. The quantitative estimate of drug-likeness (QED) is 0.432. The van der Waals surface area contributed by atoms with Crippen LogP contribution in [-0.2, 0) is 26.0 Å². The molecule has 0 aliphatic carbocycles. The lowest BCUT2D eigenvalue weighted by Gasteiger charge is -2.41. The standard InChI is InChI=1S/C21H26ClFN3O5S/c1-30-21(27)16-3-4-17(24-14-16)15-25-32(28,29)12-2-7-26(8-10-31-11-9-26)18-5-6-20(23)19(22)13-18/h3-6,13-14,25H,2,7-12,15H2,1H3/q+1. The van der Waals surface area contributed by atoms with Gasteiger partial charge in [-0.25, -0.2) is 22.3 Å². The van der Waals surface area contributed by atoms with E-state index in [1.807, 2.05) is 0 Å². The third kappa shape index (κ3) is 6.23. The van der Waals surface area contributed by atoms with Crippen LogP contribution in [0, 0.1) is 5.82 Å². The molecule has 1 aromatic carbocycles. The molecule has 11 heteroatoms. The first-order chi connectivity index (χ1) is 15.2. The van der Waals surface area contributed by atoms with Crippen LogP contribution in [0.3, 0.4) is 0 Å². The highest BCUT2D eigenvalue weighted by molar-refractivity contribution is 7.89. The summed E-state index contributed by atoms with van der Waals surface area (Å²) >= 11 is 5.98. The Bertz CT molecular complexity index is 1040. The molecule has 174 valence electrons. The van der Waals surface area contributed by atoms with Gasteiger partial charge in [0.15, 0.2) is 0 Å². The zero-order valence-corrected chi connectivity index (χ0v) is 19.3. The number of aromatic nitrogens is 1. The number of benzene rings is 1. The molecule has 2 heterocycles. The lowest BCUT2D eigenvalue weighted by atomic mass is 10.2. The van der Waals surface area contributed by atoms with E-state index in [0.717, 1.165) is 5.69 Å². The molecule has 0 spiro atoms. The summed E-state index contributed by atoms with van der Waals surface area (Å²) in [5.41, 5.74) is 1.62. The SMILES string of the molecule is COC(=O)c1ccc(CNS(=O)(=O)CCC[N+]2(c3ccc(F)c(Cl)c3)CCOCC2)nc1. The van der Waals surface area contributed by atoms with E-state index in [2.05, 4.69) is 14.4 Å². The van der Waals surface area contributed by atoms with Crippen molar-refractivity contribution in [2.24, 2.45) is 0 Å². The number of carbonyl (C=O) groups is 1. The van der Waals surface area contributed by atoms with Gasteiger partial charge >= 0.3 is 5.97 Å². The molecule has 1 fully saturated rings. The molecule has 0 radical (unpaired) electrons. The third-order valence-electron chi connectivity index (χ3n) is 5.50. The molecule has 1 N–H and O–H groups in total. The molecule has 2 aromatic rings. The fraction of sp³-hybridized carbons (Fsp3) is 0.429. The molecule has 1 aliphatic rings. The molecule has 1 saturated heterocycles. The number of quaternary nitrogens is 1. The van der Waals surface area contributed by atoms with Crippen LogP contribution in [-0.4, -0.2) is 65.1 Å². The predicted octanol–water partition coefficient (Wildman–Crippen LogP) is 2.51. The molecular formula is C21H26ClFN3O5S+. The molecule has 0 unspecified atom stereocenters. The number of carbonyl (C=O) groups excluding carboxylic acids is 1. The van der Waals surface area contributed by atoms with Gasteiger partial charge in [-0.2, -0.15) is 0 Å². The summed E-state index contributed by atoms with van der Waals surface area (Å²) in [6.07, 6.45) is 1.74. The summed E-state index contributed by atoms with van der Waals surface area (Å²) in [4.78, 5) is 15.5. The van der Waals surface area contributed by atoms with E-state index in [9.17, 15) is 17.6 Å². The van der Waals surface area contributed by atoms with Gasteiger partial charge < -0.3 is 9.47 Å². The molecular weight excluding hydrogens is 461 g/mol. The normalized spacial score (nSPS) is 16.0. The maximum absolute atomic E-state index is 13.6. The Morgan fingerprint density at radius 2 is 2.03 bits per heavy atom. The van der Waals surface area contributed by atoms with Crippen LogP contribution in [0.2, 0.25) is 5.02 Å². The van der Waals surface area contributed by atoms with Crippen molar-refractivity contribution >= 4 is 33.3 Å². The van der Waals surface area contributed by atoms with E-state index in [1.54, 1.807) is 18.2 Å². The molecule has 32 heavy (non-hydrogen) atoms. The van der Waals surface area contributed by atoms with Gasteiger partial charge in [0.25, 0.3) is 0 Å². The van der Waals surface area contributed by atoms with E-state index in [-0.39, 0.29) is 17.3 Å². The minimum atomic E-state index is -3.54. The van der Waals surface area contributed by atoms with Gasteiger partial charge in [-0.3, -0.25) is 9.47 Å². The number of pyridine rings is 1. The van der Waals surface area contributed by atoms with Crippen molar-refractivity contribution in [3.05, 3.63) is 58.6 Å². The molecule has 1 aliphatic heterocycles. The topological polar surface area (TPSA) is 94.6 Å². The van der Waals surface area contributed by atoms with Gasteiger partial charge in [-0.05, 0) is 18.2 Å². The van der Waals surface area contributed by atoms with Crippen molar-refractivity contribution in [1.29, 1.82) is 0 Å². The first kappa shape index (κ1) is 24.5. The number of halogens is 2. The van der Waals surface area contributed by atoms with E-state index in [0.29, 0.717) is 55.0 Å². The first-order valence-corrected chi connectivity index (χ1v) is 12.2. The lowest BCUT2D eigenvalue weighted by molar-refractivity contribution is 0.0408. The van der Waals surface area contributed by atoms with Gasteiger partial charge in [0.05, 0.1) is 55.4 Å². The first-order valence-electron chi connectivity index (χ1n) is 10.1. The summed E-state index contributed by atoms with van der Waals surface area (Å²) < 4.78 is 51.7. The number of hydrogen-bond donors (Lipinski definition) is 1. The van der Waals surface area contributed by atoms with Crippen molar-refractivity contribution in [1.82, 2.24) is 14.2 Å². The maximum atomic E-state index is 13.6. The summed E-state index contributed by atoms with van der Waals surface area (Å²) in [6, 6.07) is 7.75. The number of methoxy groups -OCH3 is 1. The second-order valence-electron chi connectivity index (χ2n) is 7.55. The largest absolute Gasteiger partial charge is 0.465 e. The zero-order chi connectivity index (χ0) is 23.2. The van der Waals surface area contributed by atoms with Crippen molar-refractivity contribution < 1.29 is 27.1 Å². The van der Waals surface area contributed by atoms with Crippen LogP contribution in [0.5, 0.6) is 0 Å². The van der Waals surface area contributed by atoms with Crippen molar-refractivity contribution in [3.8, 4) is 0 Å². The second-order valence-corrected chi connectivity index (χ2v) is 9.88. The smallest absolute Gasteiger partial charge is 0.339 e. The Hall–Kier alpha value is -2.11. The summed E-state index contributed by atoms with van der Waals surface area (Å²) in [6.45, 7) is 2.96.